The Bertz CT molecular complexity index is 1810. The lowest BCUT2D eigenvalue weighted by molar-refractivity contribution is -0.137. The number of aliphatic hydroxyl groups is 2. The highest BCUT2D eigenvalue weighted by Crippen LogP contribution is 2.61. The van der Waals surface area contributed by atoms with E-state index >= 15 is 0 Å². The molecule has 0 radical (unpaired) electrons. The molecule has 1 saturated heterocycles. The number of phosphoric ester groups is 3. The number of aliphatic hydroxyl groups excluding tert-OH is 2. The fourth-order valence-corrected chi connectivity index (χ4v) is 7.86. The van der Waals surface area contributed by atoms with Crippen LogP contribution in [0.3, 0.4) is 0 Å². The average Bonchev–Trinajstić information content (AvgIpc) is 3.60. The van der Waals surface area contributed by atoms with Gasteiger partial charge in [-0.25, -0.2) is 28.6 Å². The van der Waals surface area contributed by atoms with Crippen molar-refractivity contribution < 1.29 is 80.5 Å². The normalized spacial score (nSPS) is 22.1. The molecule has 53 heavy (non-hydrogen) atoms. The number of hydrogen-bond donors (Lipinski definition) is 9. The predicted molar refractivity (Wildman–Crippen MR) is 182 cm³/mol. The minimum absolute atomic E-state index is 0.0291. The van der Waals surface area contributed by atoms with Gasteiger partial charge in [0, 0.05) is 30.7 Å². The van der Waals surface area contributed by atoms with Crippen molar-refractivity contribution in [2.24, 2.45) is 5.41 Å². The van der Waals surface area contributed by atoms with E-state index in [4.69, 9.17) is 19.5 Å². The standard InChI is InChI=1S/C25H40N7O17P3S/c1-13(2)24(37)53-8-7-27-15(33)5-6-28-22(36)19(35)25(3,4)10-46-52(43,44)49-51(41,42)45-9-14-18(48-50(38,39)40)17(34)23(47-14)32-12-31-16-20(26)29-11-30-21(16)32/h11-12,14,17-19,23,34-35H,1,5-10H2,2-4H3,(H,27,33)(H,28,36)(H,41,42)(H,43,44)(H2,26,29,30)(H2,38,39,40)/t14-,17?,18?,19+,23-/m0/s1. The summed E-state index contributed by atoms with van der Waals surface area (Å²) in [4.78, 5) is 86.8. The molecule has 0 bridgehead atoms. The van der Waals surface area contributed by atoms with Gasteiger partial charge in [0.25, 0.3) is 0 Å². The largest absolute Gasteiger partial charge is 0.481 e. The molecular formula is C25H40N7O17P3S. The first-order valence-corrected chi connectivity index (χ1v) is 20.7. The number of nitrogens with two attached hydrogens (primary N) is 1. The summed E-state index contributed by atoms with van der Waals surface area (Å²) >= 11 is 0.979. The molecule has 0 aromatic carbocycles. The van der Waals surface area contributed by atoms with Crippen molar-refractivity contribution in [3.05, 3.63) is 24.8 Å². The Morgan fingerprint density at radius 2 is 1.75 bits per heavy atom. The van der Waals surface area contributed by atoms with Crippen LogP contribution in [0.2, 0.25) is 0 Å². The SMILES string of the molecule is C=C(C)C(=O)SCCNC(=O)CCNC(=O)[C@@H](O)C(C)(C)COP(=O)(O)OP(=O)(O)OC[C@@H]1O[C@H](n2cnc3c(N)ncnc32)C(O)C1OP(=O)(O)O. The molecular weight excluding hydrogens is 795 g/mol. The summed E-state index contributed by atoms with van der Waals surface area (Å²) in [5.41, 5.74) is 4.62. The molecule has 3 heterocycles. The maximum Gasteiger partial charge on any atom is 0.481 e. The lowest BCUT2D eigenvalue weighted by Crippen LogP contribution is -2.46. The van der Waals surface area contributed by atoms with E-state index in [1.54, 1.807) is 6.92 Å². The van der Waals surface area contributed by atoms with E-state index in [9.17, 15) is 57.9 Å². The first kappa shape index (κ1) is 44.7. The molecule has 1 aliphatic rings. The van der Waals surface area contributed by atoms with Gasteiger partial charge in [0.05, 0.1) is 19.5 Å². The van der Waals surface area contributed by atoms with E-state index in [1.165, 1.54) is 13.8 Å². The second-order valence-electron chi connectivity index (χ2n) is 12.0. The second-order valence-corrected chi connectivity index (χ2v) is 17.3. The van der Waals surface area contributed by atoms with Gasteiger partial charge >= 0.3 is 23.5 Å². The number of anilines is 1. The van der Waals surface area contributed by atoms with Gasteiger partial charge in [-0.1, -0.05) is 32.2 Å². The van der Waals surface area contributed by atoms with E-state index in [1.807, 2.05) is 0 Å². The van der Waals surface area contributed by atoms with Gasteiger partial charge < -0.3 is 50.9 Å². The molecule has 1 fully saturated rings. The number of carbonyl (C=O) groups excluding carboxylic acids is 3. The number of hydrogen-bond acceptors (Lipinski definition) is 18. The fourth-order valence-electron chi connectivity index (χ4n) is 4.40. The molecule has 4 unspecified atom stereocenters. The number of imidazole rings is 1. The quantitative estimate of drug-likeness (QED) is 0.0449. The Kier molecular flexibility index (Phi) is 15.4. The zero-order valence-corrected chi connectivity index (χ0v) is 31.8. The van der Waals surface area contributed by atoms with Crippen molar-refractivity contribution in [3.63, 3.8) is 0 Å². The van der Waals surface area contributed by atoms with Crippen molar-refractivity contribution in [2.45, 2.75) is 57.8 Å². The van der Waals surface area contributed by atoms with Crippen molar-refractivity contribution in [2.75, 3.05) is 37.8 Å². The third kappa shape index (κ3) is 13.2. The summed E-state index contributed by atoms with van der Waals surface area (Å²) in [5.74, 6) is -1.17. The number of fused-ring (bicyclic) bond motifs is 1. The first-order valence-electron chi connectivity index (χ1n) is 15.1. The lowest BCUT2D eigenvalue weighted by Gasteiger charge is -2.30. The smallest absolute Gasteiger partial charge is 0.386 e. The first-order chi connectivity index (χ1) is 24.4. The van der Waals surface area contributed by atoms with Gasteiger partial charge in [-0.15, -0.1) is 0 Å². The predicted octanol–water partition coefficient (Wildman–Crippen LogP) is -0.759. The minimum atomic E-state index is -5.57. The molecule has 2 amide bonds. The lowest BCUT2D eigenvalue weighted by atomic mass is 9.87. The summed E-state index contributed by atoms with van der Waals surface area (Å²) in [6, 6.07) is 0. The number of aromatic nitrogens is 4. The Morgan fingerprint density at radius 1 is 1.09 bits per heavy atom. The molecule has 3 rings (SSSR count). The molecule has 28 heteroatoms. The topological polar surface area (TPSA) is 364 Å². The molecule has 2 aromatic rings. The van der Waals surface area contributed by atoms with Gasteiger partial charge in [-0.3, -0.25) is 32.5 Å². The van der Waals surface area contributed by atoms with Crippen molar-refractivity contribution >= 4 is 69.1 Å². The number of nitrogens with one attached hydrogen (secondary N) is 2. The Labute approximate surface area is 305 Å². The van der Waals surface area contributed by atoms with Gasteiger partial charge in [-0.05, 0) is 12.5 Å². The Balaban J connectivity index is 1.53. The van der Waals surface area contributed by atoms with E-state index in [-0.39, 0.29) is 41.6 Å². The molecule has 7 atom stereocenters. The van der Waals surface area contributed by atoms with E-state index < -0.39 is 84.6 Å². The highest BCUT2D eigenvalue weighted by atomic mass is 32.2. The summed E-state index contributed by atoms with van der Waals surface area (Å²) in [6.07, 6.45) is -6.93. The average molecular weight is 836 g/mol. The number of nitrogen functional groups attached to an aromatic ring is 1. The van der Waals surface area contributed by atoms with E-state index in [0.717, 1.165) is 29.0 Å². The van der Waals surface area contributed by atoms with Gasteiger partial charge in [0.15, 0.2) is 17.7 Å². The van der Waals surface area contributed by atoms with Crippen LogP contribution >= 0.6 is 35.2 Å². The summed E-state index contributed by atoms with van der Waals surface area (Å²) < 4.78 is 61.9. The van der Waals surface area contributed by atoms with Crippen LogP contribution in [0.15, 0.2) is 24.8 Å². The number of amides is 2. The monoisotopic (exact) mass is 835 g/mol. The van der Waals surface area contributed by atoms with Crippen molar-refractivity contribution in [1.82, 2.24) is 30.2 Å². The number of carbonyl (C=O) groups is 3. The Hall–Kier alpha value is -2.70. The second kappa shape index (κ2) is 18.3. The zero-order valence-electron chi connectivity index (χ0n) is 28.3. The molecule has 0 saturated carbocycles. The van der Waals surface area contributed by atoms with E-state index in [2.05, 4.69) is 41.0 Å². The van der Waals surface area contributed by atoms with Crippen molar-refractivity contribution in [3.8, 4) is 0 Å². The molecule has 0 aliphatic carbocycles. The number of thioether (sulfide) groups is 1. The fraction of sp³-hybridized carbons (Fsp3) is 0.600. The van der Waals surface area contributed by atoms with Crippen LogP contribution in [-0.4, -0.2) is 123 Å². The third-order valence-electron chi connectivity index (χ3n) is 7.08. The van der Waals surface area contributed by atoms with Gasteiger partial charge in [0.1, 0.15) is 36.3 Å². The molecule has 298 valence electrons. The highest BCUT2D eigenvalue weighted by Gasteiger charge is 2.50. The molecule has 10 N–H and O–H groups in total. The van der Waals surface area contributed by atoms with E-state index in [0.29, 0.717) is 11.3 Å². The summed E-state index contributed by atoms with van der Waals surface area (Å²) in [5, 5.41) is 26.0. The Morgan fingerprint density at radius 3 is 2.40 bits per heavy atom. The van der Waals surface area contributed by atoms with Crippen LogP contribution < -0.4 is 16.4 Å². The van der Waals surface area contributed by atoms with Crippen LogP contribution in [0.25, 0.3) is 11.2 Å². The number of phosphoric acid groups is 3. The third-order valence-corrected chi connectivity index (χ3v) is 11.2. The summed E-state index contributed by atoms with van der Waals surface area (Å²) in [6.45, 7) is 5.52. The zero-order chi connectivity index (χ0) is 39.9. The molecule has 1 aliphatic heterocycles. The van der Waals surface area contributed by atoms with Gasteiger partial charge in [0.2, 0.25) is 16.9 Å². The van der Waals surface area contributed by atoms with Crippen molar-refractivity contribution in [1.29, 1.82) is 0 Å². The molecule has 24 nitrogen and oxygen atoms in total. The van der Waals surface area contributed by atoms with Crippen LogP contribution in [0, 0.1) is 5.41 Å². The number of nitrogens with zero attached hydrogens (tertiary/aromatic N) is 4. The van der Waals surface area contributed by atoms with Crippen LogP contribution in [0.5, 0.6) is 0 Å². The highest BCUT2D eigenvalue weighted by molar-refractivity contribution is 8.14. The van der Waals surface area contributed by atoms with Crippen LogP contribution in [0.1, 0.15) is 33.4 Å². The summed E-state index contributed by atoms with van der Waals surface area (Å²) in [7, 11) is -16.4. The van der Waals surface area contributed by atoms with Crippen LogP contribution in [0.4, 0.5) is 5.82 Å². The maximum absolute atomic E-state index is 12.6. The molecule has 2 aromatic heterocycles. The number of ether oxygens (including phenoxy) is 1. The van der Waals surface area contributed by atoms with Crippen LogP contribution in [-0.2, 0) is 50.7 Å². The molecule has 0 spiro atoms. The van der Waals surface area contributed by atoms with Gasteiger partial charge in [-0.2, -0.15) is 4.31 Å². The number of rotatable bonds is 20. The maximum atomic E-state index is 12.6. The minimum Gasteiger partial charge on any atom is -0.386 e.